The van der Waals surface area contributed by atoms with E-state index >= 15 is 0 Å². The molecule has 0 aromatic heterocycles. The van der Waals surface area contributed by atoms with Crippen LogP contribution in [0.4, 0.5) is 0 Å². The van der Waals surface area contributed by atoms with Gasteiger partial charge in [-0.3, -0.25) is 0 Å². The number of nitrogens with two attached hydrogens (primary N) is 1. The van der Waals surface area contributed by atoms with E-state index in [-0.39, 0.29) is 17.6 Å². The molecule has 21 heavy (non-hydrogen) atoms. The Balaban J connectivity index is 1.95. The molecule has 1 aromatic carbocycles. The Labute approximate surface area is 125 Å². The fraction of sp³-hybridized carbons (Fsp3) is 0.529. The standard InChI is InChI=1S/C17H22N2O2/c1-19-8-7-17-6-5-12(18)9-14(17)21-16-13(20-2)4-3-11(10-19)15(16)17/h3-6,12,14H,7-10,18H2,1-2H3/t12-,14+,17+/m0/s1. The summed E-state index contributed by atoms with van der Waals surface area (Å²) in [7, 11) is 3.89. The Kier molecular flexibility index (Phi) is 2.81. The third kappa shape index (κ3) is 1.75. The van der Waals surface area contributed by atoms with Gasteiger partial charge in [0, 0.05) is 24.6 Å². The molecule has 0 bridgehead atoms. The summed E-state index contributed by atoms with van der Waals surface area (Å²) in [6, 6.07) is 4.31. The van der Waals surface area contributed by atoms with Crippen LogP contribution in [-0.4, -0.2) is 37.7 Å². The molecule has 2 aliphatic heterocycles. The molecule has 0 radical (unpaired) electrons. The minimum Gasteiger partial charge on any atom is -0.493 e. The van der Waals surface area contributed by atoms with Gasteiger partial charge in [0.05, 0.1) is 12.5 Å². The monoisotopic (exact) mass is 286 g/mol. The van der Waals surface area contributed by atoms with Crippen molar-refractivity contribution in [3.05, 3.63) is 35.4 Å². The number of hydrogen-bond donors (Lipinski definition) is 1. The number of methoxy groups -OCH3 is 1. The summed E-state index contributed by atoms with van der Waals surface area (Å²) in [5, 5.41) is 0. The number of hydrogen-bond acceptors (Lipinski definition) is 4. The summed E-state index contributed by atoms with van der Waals surface area (Å²) < 4.78 is 11.9. The molecule has 4 rings (SSSR count). The zero-order valence-corrected chi connectivity index (χ0v) is 12.6. The fourth-order valence-corrected chi connectivity index (χ4v) is 4.12. The molecule has 0 amide bonds. The molecule has 1 spiro atoms. The van der Waals surface area contributed by atoms with Crippen molar-refractivity contribution in [2.45, 2.75) is 36.9 Å². The Morgan fingerprint density at radius 2 is 2.29 bits per heavy atom. The quantitative estimate of drug-likeness (QED) is 0.800. The lowest BCUT2D eigenvalue weighted by atomic mass is 9.69. The van der Waals surface area contributed by atoms with Gasteiger partial charge in [-0.2, -0.15) is 0 Å². The summed E-state index contributed by atoms with van der Waals surface area (Å²) in [6.07, 6.45) is 6.54. The van der Waals surface area contributed by atoms with E-state index in [0.717, 1.165) is 37.4 Å². The Morgan fingerprint density at radius 1 is 1.43 bits per heavy atom. The first-order valence-corrected chi connectivity index (χ1v) is 7.64. The van der Waals surface area contributed by atoms with E-state index in [1.807, 2.05) is 6.07 Å². The maximum atomic E-state index is 6.33. The van der Waals surface area contributed by atoms with Crippen LogP contribution in [0, 0.1) is 0 Å². The first kappa shape index (κ1) is 13.2. The van der Waals surface area contributed by atoms with E-state index in [1.165, 1.54) is 11.1 Å². The second-order valence-electron chi connectivity index (χ2n) is 6.52. The molecule has 0 saturated heterocycles. The van der Waals surface area contributed by atoms with Gasteiger partial charge in [0.15, 0.2) is 11.5 Å². The van der Waals surface area contributed by atoms with E-state index in [1.54, 1.807) is 7.11 Å². The topological polar surface area (TPSA) is 47.7 Å². The van der Waals surface area contributed by atoms with Gasteiger partial charge in [0.1, 0.15) is 6.10 Å². The van der Waals surface area contributed by atoms with E-state index in [0.29, 0.717) is 0 Å². The lowest BCUT2D eigenvalue weighted by Gasteiger charge is -2.36. The number of benzene rings is 1. The van der Waals surface area contributed by atoms with E-state index in [9.17, 15) is 0 Å². The van der Waals surface area contributed by atoms with Crippen molar-refractivity contribution in [2.24, 2.45) is 5.73 Å². The molecular formula is C17H22N2O2. The van der Waals surface area contributed by atoms with Gasteiger partial charge in [0.2, 0.25) is 0 Å². The molecule has 2 heterocycles. The van der Waals surface area contributed by atoms with E-state index < -0.39 is 0 Å². The minimum absolute atomic E-state index is 0.0279. The molecule has 3 atom stereocenters. The normalized spacial score (nSPS) is 33.9. The predicted octanol–water partition coefficient (Wildman–Crippen LogP) is 1.82. The highest BCUT2D eigenvalue weighted by Crippen LogP contribution is 2.55. The molecule has 0 saturated carbocycles. The largest absolute Gasteiger partial charge is 0.493 e. The van der Waals surface area contributed by atoms with Gasteiger partial charge in [0.25, 0.3) is 0 Å². The highest BCUT2D eigenvalue weighted by molar-refractivity contribution is 5.61. The highest BCUT2D eigenvalue weighted by atomic mass is 16.5. The summed E-state index contributed by atoms with van der Waals surface area (Å²) in [4.78, 5) is 2.38. The third-order valence-electron chi connectivity index (χ3n) is 5.20. The zero-order chi connectivity index (χ0) is 14.6. The van der Waals surface area contributed by atoms with Gasteiger partial charge in [-0.25, -0.2) is 0 Å². The number of rotatable bonds is 1. The Hall–Kier alpha value is -1.52. The number of ether oxygens (including phenoxy) is 2. The zero-order valence-electron chi connectivity index (χ0n) is 12.6. The van der Waals surface area contributed by atoms with Crippen molar-refractivity contribution in [3.8, 4) is 11.5 Å². The predicted molar refractivity (Wildman–Crippen MR) is 81.8 cm³/mol. The molecule has 3 aliphatic rings. The molecule has 4 heteroatoms. The molecule has 2 N–H and O–H groups in total. The van der Waals surface area contributed by atoms with Crippen molar-refractivity contribution < 1.29 is 9.47 Å². The van der Waals surface area contributed by atoms with E-state index in [2.05, 4.69) is 30.2 Å². The van der Waals surface area contributed by atoms with E-state index in [4.69, 9.17) is 15.2 Å². The van der Waals surface area contributed by atoms with Crippen molar-refractivity contribution >= 4 is 0 Å². The van der Waals surface area contributed by atoms with Crippen LogP contribution in [-0.2, 0) is 12.0 Å². The van der Waals surface area contributed by atoms with Crippen LogP contribution < -0.4 is 15.2 Å². The van der Waals surface area contributed by atoms with Gasteiger partial charge in [-0.1, -0.05) is 18.2 Å². The molecule has 112 valence electrons. The first-order valence-electron chi connectivity index (χ1n) is 7.64. The van der Waals surface area contributed by atoms with Crippen LogP contribution >= 0.6 is 0 Å². The summed E-state index contributed by atoms with van der Waals surface area (Å²) in [5.41, 5.74) is 8.78. The molecule has 4 nitrogen and oxygen atoms in total. The van der Waals surface area contributed by atoms with Crippen molar-refractivity contribution in [2.75, 3.05) is 20.7 Å². The molecule has 0 fully saturated rings. The van der Waals surface area contributed by atoms with Gasteiger partial charge in [-0.05, 0) is 31.6 Å². The van der Waals surface area contributed by atoms with Gasteiger partial charge >= 0.3 is 0 Å². The van der Waals surface area contributed by atoms with Crippen molar-refractivity contribution in [1.29, 1.82) is 0 Å². The van der Waals surface area contributed by atoms with Gasteiger partial charge in [-0.15, -0.1) is 0 Å². The van der Waals surface area contributed by atoms with Crippen LogP contribution in [0.2, 0.25) is 0 Å². The summed E-state index contributed by atoms with van der Waals surface area (Å²) >= 11 is 0. The van der Waals surface area contributed by atoms with Gasteiger partial charge < -0.3 is 20.1 Å². The number of nitrogens with zero attached hydrogens (tertiary/aromatic N) is 1. The summed E-state index contributed by atoms with van der Waals surface area (Å²) in [6.45, 7) is 2.03. The van der Waals surface area contributed by atoms with Crippen LogP contribution in [0.5, 0.6) is 11.5 Å². The second kappa shape index (κ2) is 4.49. The Morgan fingerprint density at radius 3 is 3.10 bits per heavy atom. The van der Waals surface area contributed by atoms with Crippen LogP contribution in [0.15, 0.2) is 24.3 Å². The van der Waals surface area contributed by atoms with Crippen LogP contribution in [0.1, 0.15) is 24.0 Å². The average Bonchev–Trinajstić information content (AvgIpc) is 2.72. The maximum absolute atomic E-state index is 6.33. The van der Waals surface area contributed by atoms with Crippen molar-refractivity contribution in [1.82, 2.24) is 4.90 Å². The second-order valence-corrected chi connectivity index (χ2v) is 6.52. The first-order chi connectivity index (χ1) is 10.1. The smallest absolute Gasteiger partial charge is 0.166 e. The highest BCUT2D eigenvalue weighted by Gasteiger charge is 2.52. The molecule has 1 aromatic rings. The van der Waals surface area contributed by atoms with Crippen LogP contribution in [0.25, 0.3) is 0 Å². The SMILES string of the molecule is COc1ccc2c3c1O[C@@H]1C[C@@H](N)C=C[C@]31CCN(C)C2. The average molecular weight is 286 g/mol. The lowest BCUT2D eigenvalue weighted by Crippen LogP contribution is -2.44. The maximum Gasteiger partial charge on any atom is 0.166 e. The molecule has 0 unspecified atom stereocenters. The fourth-order valence-electron chi connectivity index (χ4n) is 4.12. The third-order valence-corrected chi connectivity index (χ3v) is 5.20. The molecule has 1 aliphatic carbocycles. The molecular weight excluding hydrogens is 264 g/mol. The van der Waals surface area contributed by atoms with Crippen LogP contribution in [0.3, 0.4) is 0 Å². The summed E-state index contributed by atoms with van der Waals surface area (Å²) in [5.74, 6) is 1.78. The Bertz CT molecular complexity index is 613. The minimum atomic E-state index is -0.0279. The lowest BCUT2D eigenvalue weighted by molar-refractivity contribution is 0.134. The van der Waals surface area contributed by atoms with Crippen molar-refractivity contribution in [3.63, 3.8) is 0 Å².